The number of aliphatic carboxylic acids is 1. The summed E-state index contributed by atoms with van der Waals surface area (Å²) >= 11 is 0. The predicted octanol–water partition coefficient (Wildman–Crippen LogP) is 2.77. The first kappa shape index (κ1) is 17.9. The monoisotopic (exact) mass is 274 g/mol. The highest BCUT2D eigenvalue weighted by Crippen LogP contribution is 2.07. The van der Waals surface area contributed by atoms with Gasteiger partial charge in [-0.05, 0) is 13.3 Å². The molecule has 0 radical (unpaired) electrons. The second kappa shape index (κ2) is 12.0. The van der Waals surface area contributed by atoms with Crippen LogP contribution in [0.15, 0.2) is 0 Å². The highest BCUT2D eigenvalue weighted by Gasteiger charge is 2.23. The van der Waals surface area contributed by atoms with Crippen molar-refractivity contribution in [3.8, 4) is 0 Å². The highest BCUT2D eigenvalue weighted by molar-refractivity contribution is 5.81. The minimum absolute atomic E-state index is 0.296. The lowest BCUT2D eigenvalue weighted by Gasteiger charge is -2.14. The molecule has 0 heterocycles. The number of carboxylic acids is 1. The minimum Gasteiger partial charge on any atom is -0.481 e. The zero-order valence-electron chi connectivity index (χ0n) is 12.0. The summed E-state index contributed by atoms with van der Waals surface area (Å²) in [6, 6.07) is 0. The van der Waals surface area contributed by atoms with Gasteiger partial charge in [-0.25, -0.2) is 4.79 Å². The molecule has 1 unspecified atom stereocenters. The van der Waals surface area contributed by atoms with Crippen LogP contribution in [0.2, 0.25) is 0 Å². The van der Waals surface area contributed by atoms with Crippen molar-refractivity contribution in [2.24, 2.45) is 0 Å². The van der Waals surface area contributed by atoms with Crippen LogP contribution in [0.4, 0.5) is 0 Å². The van der Waals surface area contributed by atoms with Crippen molar-refractivity contribution in [3.63, 3.8) is 0 Å². The summed E-state index contributed by atoms with van der Waals surface area (Å²) in [7, 11) is 0. The van der Waals surface area contributed by atoms with Crippen LogP contribution >= 0.6 is 0 Å². The standard InChI is InChI=1S/C14H26O5/c1-3-5-6-7-8-9-10-19-14(17)12(18-4-2)11-13(15)16/h12H,3-11H2,1-2H3,(H,15,16). The Hall–Kier alpha value is -1.10. The molecule has 0 rings (SSSR count). The average molecular weight is 274 g/mol. The first-order valence-electron chi connectivity index (χ1n) is 7.11. The lowest BCUT2D eigenvalue weighted by molar-refractivity contribution is -0.162. The van der Waals surface area contributed by atoms with Crippen LogP contribution in [-0.2, 0) is 19.1 Å². The molecule has 1 N–H and O–H groups in total. The van der Waals surface area contributed by atoms with Crippen molar-refractivity contribution in [2.45, 2.75) is 64.9 Å². The SMILES string of the molecule is CCCCCCCCOC(=O)C(CC(=O)O)OCC. The third-order valence-electron chi connectivity index (χ3n) is 2.73. The van der Waals surface area contributed by atoms with Gasteiger partial charge in [-0.1, -0.05) is 39.0 Å². The molecule has 0 aliphatic carbocycles. The number of esters is 1. The van der Waals surface area contributed by atoms with Crippen molar-refractivity contribution in [3.05, 3.63) is 0 Å². The Balaban J connectivity index is 3.71. The molecule has 0 aliphatic rings. The second-order valence-electron chi connectivity index (χ2n) is 4.48. The number of rotatable bonds is 12. The maximum Gasteiger partial charge on any atom is 0.335 e. The topological polar surface area (TPSA) is 72.8 Å². The zero-order chi connectivity index (χ0) is 14.5. The number of unbranched alkanes of at least 4 members (excludes halogenated alkanes) is 5. The maximum atomic E-state index is 11.6. The van der Waals surface area contributed by atoms with Gasteiger partial charge in [-0.15, -0.1) is 0 Å². The summed E-state index contributed by atoms with van der Waals surface area (Å²) in [5, 5.41) is 8.66. The molecular weight excluding hydrogens is 248 g/mol. The summed E-state index contributed by atoms with van der Waals surface area (Å²) in [4.78, 5) is 22.2. The van der Waals surface area contributed by atoms with E-state index in [1.165, 1.54) is 19.3 Å². The fraction of sp³-hybridized carbons (Fsp3) is 0.857. The van der Waals surface area contributed by atoms with Gasteiger partial charge in [0, 0.05) is 6.61 Å². The fourth-order valence-corrected chi connectivity index (χ4v) is 1.72. The van der Waals surface area contributed by atoms with Gasteiger partial charge in [0.15, 0.2) is 6.10 Å². The minimum atomic E-state index is -1.06. The van der Waals surface area contributed by atoms with Crippen molar-refractivity contribution < 1.29 is 24.2 Å². The molecule has 0 aliphatic heterocycles. The van der Waals surface area contributed by atoms with Crippen LogP contribution in [0.25, 0.3) is 0 Å². The largest absolute Gasteiger partial charge is 0.481 e. The van der Waals surface area contributed by atoms with E-state index in [-0.39, 0.29) is 6.42 Å². The number of hydrogen-bond acceptors (Lipinski definition) is 4. The molecule has 5 heteroatoms. The van der Waals surface area contributed by atoms with Crippen LogP contribution in [-0.4, -0.2) is 36.4 Å². The van der Waals surface area contributed by atoms with Gasteiger partial charge in [-0.3, -0.25) is 4.79 Å². The molecule has 0 saturated carbocycles. The van der Waals surface area contributed by atoms with E-state index >= 15 is 0 Å². The quantitative estimate of drug-likeness (QED) is 0.437. The smallest absolute Gasteiger partial charge is 0.335 e. The van der Waals surface area contributed by atoms with E-state index < -0.39 is 18.0 Å². The molecule has 1 atom stereocenters. The molecule has 0 saturated heterocycles. The van der Waals surface area contributed by atoms with Crippen LogP contribution < -0.4 is 0 Å². The zero-order valence-corrected chi connectivity index (χ0v) is 12.0. The molecule has 5 nitrogen and oxygen atoms in total. The molecule has 19 heavy (non-hydrogen) atoms. The predicted molar refractivity (Wildman–Crippen MR) is 72.0 cm³/mol. The van der Waals surface area contributed by atoms with Gasteiger partial charge >= 0.3 is 11.9 Å². The lowest BCUT2D eigenvalue weighted by atomic mass is 10.1. The van der Waals surface area contributed by atoms with E-state index in [9.17, 15) is 9.59 Å². The summed E-state index contributed by atoms with van der Waals surface area (Å²) < 4.78 is 10.1. The van der Waals surface area contributed by atoms with Gasteiger partial charge in [0.2, 0.25) is 0 Å². The Morgan fingerprint density at radius 1 is 1.05 bits per heavy atom. The Morgan fingerprint density at radius 3 is 2.26 bits per heavy atom. The normalized spacial score (nSPS) is 12.1. The third kappa shape index (κ3) is 10.5. The van der Waals surface area contributed by atoms with Crippen LogP contribution in [0, 0.1) is 0 Å². The Bertz CT molecular complexity index is 252. The van der Waals surface area contributed by atoms with Crippen molar-refractivity contribution >= 4 is 11.9 Å². The highest BCUT2D eigenvalue weighted by atomic mass is 16.6. The van der Waals surface area contributed by atoms with Gasteiger partial charge in [-0.2, -0.15) is 0 Å². The molecule has 0 aromatic carbocycles. The van der Waals surface area contributed by atoms with E-state index in [1.54, 1.807) is 6.92 Å². The molecule has 0 amide bonds. The summed E-state index contributed by atoms with van der Waals surface area (Å²) in [6.07, 6.45) is 5.34. The van der Waals surface area contributed by atoms with Crippen molar-refractivity contribution in [1.29, 1.82) is 0 Å². The van der Waals surface area contributed by atoms with Crippen LogP contribution in [0.3, 0.4) is 0 Å². The number of hydrogen-bond donors (Lipinski definition) is 1. The van der Waals surface area contributed by atoms with E-state index in [2.05, 4.69) is 6.92 Å². The van der Waals surface area contributed by atoms with Gasteiger partial charge in [0.25, 0.3) is 0 Å². The third-order valence-corrected chi connectivity index (χ3v) is 2.73. The van der Waals surface area contributed by atoms with Crippen molar-refractivity contribution in [2.75, 3.05) is 13.2 Å². The molecule has 0 bridgehead atoms. The molecule has 0 aromatic heterocycles. The number of carboxylic acid groups (broad SMARTS) is 1. The van der Waals surface area contributed by atoms with Gasteiger partial charge in [0.05, 0.1) is 13.0 Å². The van der Waals surface area contributed by atoms with E-state index in [4.69, 9.17) is 14.6 Å². The first-order chi connectivity index (χ1) is 9.11. The number of carbonyl (C=O) groups excluding carboxylic acids is 1. The molecule has 0 fully saturated rings. The molecule has 0 aromatic rings. The molecular formula is C14H26O5. The van der Waals surface area contributed by atoms with Crippen LogP contribution in [0.1, 0.15) is 58.8 Å². The summed E-state index contributed by atoms with van der Waals surface area (Å²) in [5.41, 5.74) is 0. The molecule has 112 valence electrons. The number of ether oxygens (including phenoxy) is 2. The van der Waals surface area contributed by atoms with E-state index in [0.717, 1.165) is 19.3 Å². The van der Waals surface area contributed by atoms with Crippen molar-refractivity contribution in [1.82, 2.24) is 0 Å². The first-order valence-corrected chi connectivity index (χ1v) is 7.11. The summed E-state index contributed by atoms with van der Waals surface area (Å²) in [6.45, 7) is 4.52. The maximum absolute atomic E-state index is 11.6. The summed E-state index contributed by atoms with van der Waals surface area (Å²) in [5.74, 6) is -1.63. The van der Waals surface area contributed by atoms with Gasteiger partial charge in [0.1, 0.15) is 0 Å². The van der Waals surface area contributed by atoms with E-state index in [1.807, 2.05) is 0 Å². The fourth-order valence-electron chi connectivity index (χ4n) is 1.72. The molecule has 0 spiro atoms. The second-order valence-corrected chi connectivity index (χ2v) is 4.48. The average Bonchev–Trinajstić information content (AvgIpc) is 2.36. The lowest BCUT2D eigenvalue weighted by Crippen LogP contribution is -2.29. The number of carbonyl (C=O) groups is 2. The van der Waals surface area contributed by atoms with Crippen LogP contribution in [0.5, 0.6) is 0 Å². The Morgan fingerprint density at radius 2 is 1.68 bits per heavy atom. The Kier molecular flexibility index (Phi) is 11.3. The van der Waals surface area contributed by atoms with E-state index in [0.29, 0.717) is 13.2 Å². The van der Waals surface area contributed by atoms with Gasteiger partial charge < -0.3 is 14.6 Å². The Labute approximate surface area is 115 Å².